The highest BCUT2D eigenvalue weighted by atomic mass is 16.3. The Bertz CT molecular complexity index is 1040. The molecule has 0 bridgehead atoms. The van der Waals surface area contributed by atoms with Crippen LogP contribution >= 0.6 is 0 Å². The van der Waals surface area contributed by atoms with Gasteiger partial charge in [-0.3, -0.25) is 4.79 Å². The summed E-state index contributed by atoms with van der Waals surface area (Å²) < 4.78 is 7.25. The molecule has 3 aromatic heterocycles. The Kier molecular flexibility index (Phi) is 4.15. The van der Waals surface area contributed by atoms with Crippen molar-refractivity contribution in [2.45, 2.75) is 13.1 Å². The van der Waals surface area contributed by atoms with Gasteiger partial charge >= 0.3 is 0 Å². The van der Waals surface area contributed by atoms with E-state index >= 15 is 0 Å². The van der Waals surface area contributed by atoms with E-state index in [9.17, 15) is 9.90 Å². The lowest BCUT2D eigenvalue weighted by Gasteiger charge is -2.22. The van der Waals surface area contributed by atoms with Crippen LogP contribution in [0, 0.1) is 0 Å². The normalized spacial score (nSPS) is 10.9. The molecule has 1 aromatic carbocycles. The highest BCUT2D eigenvalue weighted by Crippen LogP contribution is 2.21. The number of pyridine rings is 1. The van der Waals surface area contributed by atoms with Crippen molar-refractivity contribution < 1.29 is 14.3 Å². The summed E-state index contributed by atoms with van der Waals surface area (Å²) in [5, 5.41) is 10.1. The molecule has 0 saturated carbocycles. The molecular weight excluding hydrogens is 330 g/mol. The van der Waals surface area contributed by atoms with E-state index in [4.69, 9.17) is 4.42 Å². The van der Waals surface area contributed by atoms with E-state index in [0.29, 0.717) is 23.4 Å². The molecule has 0 atom stereocenters. The largest absolute Gasteiger partial charge is 0.508 e. The minimum Gasteiger partial charge on any atom is -0.508 e. The Morgan fingerprint density at radius 3 is 2.85 bits per heavy atom. The molecule has 26 heavy (non-hydrogen) atoms. The van der Waals surface area contributed by atoms with Gasteiger partial charge in [0.05, 0.1) is 37.4 Å². The SMILES string of the molecule is O=C(c1ccn2cncc2c1)N(Cc1ccco1)Cc1ccccc1O. The molecule has 3 heterocycles. The van der Waals surface area contributed by atoms with Gasteiger partial charge in [0.25, 0.3) is 5.91 Å². The number of phenolic OH excluding ortho intramolecular Hbond substituents is 1. The molecule has 6 heteroatoms. The maximum absolute atomic E-state index is 13.1. The summed E-state index contributed by atoms with van der Waals surface area (Å²) in [6.45, 7) is 0.585. The van der Waals surface area contributed by atoms with Gasteiger partial charge in [-0.2, -0.15) is 0 Å². The first-order chi connectivity index (χ1) is 12.7. The van der Waals surface area contributed by atoms with Crippen molar-refractivity contribution in [2.75, 3.05) is 0 Å². The van der Waals surface area contributed by atoms with Gasteiger partial charge in [-0.05, 0) is 30.3 Å². The van der Waals surface area contributed by atoms with Gasteiger partial charge in [0.1, 0.15) is 11.5 Å². The second kappa shape index (κ2) is 6.76. The predicted octanol–water partition coefficient (Wildman–Crippen LogP) is 3.48. The van der Waals surface area contributed by atoms with Crippen LogP contribution in [-0.2, 0) is 13.1 Å². The summed E-state index contributed by atoms with van der Waals surface area (Å²) in [6.07, 6.45) is 6.78. The third kappa shape index (κ3) is 3.17. The van der Waals surface area contributed by atoms with Gasteiger partial charge < -0.3 is 18.8 Å². The Morgan fingerprint density at radius 1 is 1.15 bits per heavy atom. The van der Waals surface area contributed by atoms with Crippen molar-refractivity contribution in [3.8, 4) is 5.75 Å². The standard InChI is InChI=1S/C20H17N3O3/c24-19-6-2-1-4-16(19)12-23(13-18-5-3-9-26-18)20(25)15-7-8-22-14-21-11-17(22)10-15/h1-11,14,24H,12-13H2. The Balaban J connectivity index is 1.66. The van der Waals surface area contributed by atoms with Crippen LogP contribution in [0.15, 0.2) is 77.9 Å². The molecule has 1 amide bonds. The number of fused-ring (bicyclic) bond motifs is 1. The summed E-state index contributed by atoms with van der Waals surface area (Å²) in [7, 11) is 0. The minimum absolute atomic E-state index is 0.145. The van der Waals surface area contributed by atoms with Gasteiger partial charge in [-0.25, -0.2) is 4.98 Å². The monoisotopic (exact) mass is 347 g/mol. The number of hydrogen-bond acceptors (Lipinski definition) is 4. The van der Waals surface area contributed by atoms with Gasteiger partial charge in [-0.15, -0.1) is 0 Å². The van der Waals surface area contributed by atoms with Crippen molar-refractivity contribution in [3.05, 3.63) is 90.4 Å². The number of benzene rings is 1. The molecule has 4 aromatic rings. The molecular formula is C20H17N3O3. The number of furan rings is 1. The van der Waals surface area contributed by atoms with Crippen molar-refractivity contribution in [3.63, 3.8) is 0 Å². The number of rotatable bonds is 5. The molecule has 0 spiro atoms. The van der Waals surface area contributed by atoms with Crippen LogP contribution < -0.4 is 0 Å². The second-order valence-electron chi connectivity index (χ2n) is 6.01. The quantitative estimate of drug-likeness (QED) is 0.600. The predicted molar refractivity (Wildman–Crippen MR) is 95.6 cm³/mol. The van der Waals surface area contributed by atoms with Crippen LogP contribution in [0.25, 0.3) is 5.52 Å². The molecule has 6 nitrogen and oxygen atoms in total. The summed E-state index contributed by atoms with van der Waals surface area (Å²) >= 11 is 0. The zero-order valence-electron chi connectivity index (χ0n) is 13.9. The van der Waals surface area contributed by atoms with Crippen molar-refractivity contribution in [1.29, 1.82) is 0 Å². The molecule has 0 fully saturated rings. The molecule has 0 aliphatic carbocycles. The van der Waals surface area contributed by atoms with Gasteiger partial charge in [0, 0.05) is 17.3 Å². The fraction of sp³-hybridized carbons (Fsp3) is 0.100. The van der Waals surface area contributed by atoms with Crippen LogP contribution in [0.1, 0.15) is 21.7 Å². The van der Waals surface area contributed by atoms with Crippen LogP contribution in [0.5, 0.6) is 5.75 Å². The number of carbonyl (C=O) groups is 1. The van der Waals surface area contributed by atoms with Gasteiger partial charge in [0.15, 0.2) is 0 Å². The number of nitrogens with zero attached hydrogens (tertiary/aromatic N) is 3. The number of carbonyl (C=O) groups excluding carboxylic acids is 1. The third-order valence-electron chi connectivity index (χ3n) is 4.23. The van der Waals surface area contributed by atoms with Crippen LogP contribution in [0.2, 0.25) is 0 Å². The smallest absolute Gasteiger partial charge is 0.254 e. The van der Waals surface area contributed by atoms with Crippen LogP contribution in [-0.4, -0.2) is 25.3 Å². The minimum atomic E-state index is -0.145. The fourth-order valence-corrected chi connectivity index (χ4v) is 2.88. The Labute approximate surface area is 149 Å². The first-order valence-corrected chi connectivity index (χ1v) is 8.21. The number of aromatic nitrogens is 2. The molecule has 4 rings (SSSR count). The highest BCUT2D eigenvalue weighted by molar-refractivity contribution is 5.95. The second-order valence-corrected chi connectivity index (χ2v) is 6.01. The molecule has 1 N–H and O–H groups in total. The Hall–Kier alpha value is -3.54. The molecule has 130 valence electrons. The van der Waals surface area contributed by atoms with E-state index in [2.05, 4.69) is 4.98 Å². The van der Waals surface area contributed by atoms with E-state index in [-0.39, 0.29) is 18.2 Å². The molecule has 0 unspecified atom stereocenters. The zero-order chi connectivity index (χ0) is 17.9. The van der Waals surface area contributed by atoms with Crippen molar-refractivity contribution in [1.82, 2.24) is 14.3 Å². The maximum Gasteiger partial charge on any atom is 0.254 e. The van der Waals surface area contributed by atoms with Crippen molar-refractivity contribution in [2.24, 2.45) is 0 Å². The Morgan fingerprint density at radius 2 is 2.04 bits per heavy atom. The number of amides is 1. The summed E-state index contributed by atoms with van der Waals surface area (Å²) in [5.74, 6) is 0.698. The number of imidazole rings is 1. The van der Waals surface area contributed by atoms with E-state index in [0.717, 1.165) is 5.52 Å². The zero-order valence-corrected chi connectivity index (χ0v) is 13.9. The fourth-order valence-electron chi connectivity index (χ4n) is 2.88. The van der Waals surface area contributed by atoms with Gasteiger partial charge in [0.2, 0.25) is 0 Å². The maximum atomic E-state index is 13.1. The average molecular weight is 347 g/mol. The highest BCUT2D eigenvalue weighted by Gasteiger charge is 2.19. The van der Waals surface area contributed by atoms with Crippen molar-refractivity contribution >= 4 is 11.4 Å². The lowest BCUT2D eigenvalue weighted by atomic mass is 10.1. The van der Waals surface area contributed by atoms with Gasteiger partial charge in [-0.1, -0.05) is 18.2 Å². The van der Waals surface area contributed by atoms with E-state index < -0.39 is 0 Å². The first kappa shape index (κ1) is 16.0. The van der Waals surface area contributed by atoms with E-state index in [1.54, 1.807) is 66.3 Å². The number of para-hydroxylation sites is 1. The third-order valence-corrected chi connectivity index (χ3v) is 4.23. The molecule has 0 saturated heterocycles. The summed E-state index contributed by atoms with van der Waals surface area (Å²) in [5.41, 5.74) is 2.08. The first-order valence-electron chi connectivity index (χ1n) is 8.21. The molecule has 0 radical (unpaired) electrons. The number of aromatic hydroxyl groups is 1. The average Bonchev–Trinajstić information content (AvgIpc) is 3.33. The number of phenols is 1. The lowest BCUT2D eigenvalue weighted by molar-refractivity contribution is 0.0716. The summed E-state index contributed by atoms with van der Waals surface area (Å²) in [6, 6.07) is 14.2. The number of hydrogen-bond donors (Lipinski definition) is 1. The van der Waals surface area contributed by atoms with E-state index in [1.165, 1.54) is 0 Å². The van der Waals surface area contributed by atoms with E-state index in [1.807, 2.05) is 16.5 Å². The molecule has 0 aliphatic rings. The summed E-state index contributed by atoms with van der Waals surface area (Å²) in [4.78, 5) is 18.9. The molecule has 0 aliphatic heterocycles. The van der Waals surface area contributed by atoms with Crippen LogP contribution in [0.4, 0.5) is 0 Å². The van der Waals surface area contributed by atoms with Crippen LogP contribution in [0.3, 0.4) is 0 Å². The topological polar surface area (TPSA) is 71.0 Å². The lowest BCUT2D eigenvalue weighted by Crippen LogP contribution is -2.30.